The molecule has 0 N–H and O–H groups in total. The molecule has 1 aliphatic carbocycles. The minimum Gasteiger partial charge on any atom is -0.446 e. The second-order valence-corrected chi connectivity index (χ2v) is 13.0. The van der Waals surface area contributed by atoms with Crippen LogP contribution in [0.25, 0.3) is 0 Å². The van der Waals surface area contributed by atoms with Gasteiger partial charge in [0, 0.05) is 46.2 Å². The molecule has 8 heteroatoms. The standard InChI is InChI=1S/C28H45N3O5/c1-19(2)7-8-23-27(4,36-23)22-13-21(9-11-28(22)18-34-28)35-25(33)31-14-20(15-31)10-12-30-16-26(3,17-30)24(32)29(5)6/h7,20-23H,8-18H2,1-6H3/t21?,22?,23-,27-,28?/m1/s1. The number of rotatable bonds is 8. The van der Waals surface area contributed by atoms with Crippen molar-refractivity contribution in [2.75, 3.05) is 53.4 Å². The van der Waals surface area contributed by atoms with Gasteiger partial charge >= 0.3 is 6.09 Å². The van der Waals surface area contributed by atoms with Gasteiger partial charge in [0.15, 0.2) is 0 Å². The summed E-state index contributed by atoms with van der Waals surface area (Å²) in [4.78, 5) is 31.0. The molecule has 4 heterocycles. The Bertz CT molecular complexity index is 899. The van der Waals surface area contributed by atoms with E-state index >= 15 is 0 Å². The van der Waals surface area contributed by atoms with Gasteiger partial charge in [-0.25, -0.2) is 4.79 Å². The Labute approximate surface area is 216 Å². The van der Waals surface area contributed by atoms with Crippen molar-refractivity contribution in [3.63, 3.8) is 0 Å². The van der Waals surface area contributed by atoms with Crippen LogP contribution in [0.4, 0.5) is 4.79 Å². The lowest BCUT2D eigenvalue weighted by atomic mass is 9.70. The quantitative estimate of drug-likeness (QED) is 0.374. The predicted octanol–water partition coefficient (Wildman–Crippen LogP) is 3.31. The molecule has 0 aromatic rings. The molecule has 202 valence electrons. The molecule has 0 bridgehead atoms. The van der Waals surface area contributed by atoms with Crippen LogP contribution in [0, 0.1) is 17.3 Å². The maximum Gasteiger partial charge on any atom is 0.410 e. The Morgan fingerprint density at radius 3 is 2.47 bits per heavy atom. The summed E-state index contributed by atoms with van der Waals surface area (Å²) in [5.74, 6) is 1.01. The first-order valence-corrected chi connectivity index (χ1v) is 13.8. The van der Waals surface area contributed by atoms with E-state index in [2.05, 4.69) is 38.7 Å². The predicted molar refractivity (Wildman–Crippen MR) is 137 cm³/mol. The third-order valence-electron chi connectivity index (χ3n) is 9.35. The number of ether oxygens (including phenoxy) is 3. The largest absolute Gasteiger partial charge is 0.446 e. The topological polar surface area (TPSA) is 78.2 Å². The van der Waals surface area contributed by atoms with Crippen molar-refractivity contribution in [2.24, 2.45) is 17.3 Å². The van der Waals surface area contributed by atoms with Crippen molar-refractivity contribution < 1.29 is 23.8 Å². The van der Waals surface area contributed by atoms with Crippen LogP contribution in [0.15, 0.2) is 11.6 Å². The number of hydrogen-bond acceptors (Lipinski definition) is 6. The monoisotopic (exact) mass is 503 g/mol. The van der Waals surface area contributed by atoms with Gasteiger partial charge in [-0.3, -0.25) is 4.79 Å². The van der Waals surface area contributed by atoms with Crippen LogP contribution in [-0.4, -0.2) is 104 Å². The maximum absolute atomic E-state index is 12.8. The second-order valence-electron chi connectivity index (χ2n) is 13.0. The summed E-state index contributed by atoms with van der Waals surface area (Å²) in [6.07, 6.45) is 6.89. The summed E-state index contributed by atoms with van der Waals surface area (Å²) in [6, 6.07) is 0. The fourth-order valence-corrected chi connectivity index (χ4v) is 6.94. The maximum atomic E-state index is 12.8. The fraction of sp³-hybridized carbons (Fsp3) is 0.857. The second kappa shape index (κ2) is 9.28. The molecule has 36 heavy (non-hydrogen) atoms. The van der Waals surface area contributed by atoms with Crippen molar-refractivity contribution in [1.82, 2.24) is 14.7 Å². The Kier molecular flexibility index (Phi) is 6.70. The summed E-state index contributed by atoms with van der Waals surface area (Å²) >= 11 is 0. The molecule has 0 radical (unpaired) electrons. The number of hydrogen-bond donors (Lipinski definition) is 0. The normalized spacial score (nSPS) is 37.1. The van der Waals surface area contributed by atoms with Crippen molar-refractivity contribution in [2.45, 2.75) is 83.2 Å². The van der Waals surface area contributed by atoms with Gasteiger partial charge in [-0.1, -0.05) is 11.6 Å². The van der Waals surface area contributed by atoms with E-state index < -0.39 is 0 Å². The highest BCUT2D eigenvalue weighted by Gasteiger charge is 2.68. The molecule has 3 unspecified atom stereocenters. The van der Waals surface area contributed by atoms with Crippen LogP contribution in [0.3, 0.4) is 0 Å². The number of amides is 2. The highest BCUT2D eigenvalue weighted by molar-refractivity contribution is 5.83. The molecule has 5 atom stereocenters. The summed E-state index contributed by atoms with van der Waals surface area (Å²) in [5.41, 5.74) is 0.828. The number of allylic oxidation sites excluding steroid dienone is 1. The zero-order chi connectivity index (χ0) is 25.9. The van der Waals surface area contributed by atoms with Gasteiger partial charge in [-0.2, -0.15) is 0 Å². The fourth-order valence-electron chi connectivity index (χ4n) is 6.94. The number of epoxide rings is 2. The smallest absolute Gasteiger partial charge is 0.410 e. The van der Waals surface area contributed by atoms with Gasteiger partial charge in [-0.05, 0) is 72.3 Å². The Morgan fingerprint density at radius 1 is 1.17 bits per heavy atom. The van der Waals surface area contributed by atoms with E-state index in [0.717, 1.165) is 71.4 Å². The van der Waals surface area contributed by atoms with E-state index in [4.69, 9.17) is 14.2 Å². The Balaban J connectivity index is 1.03. The SMILES string of the molecule is CC(C)=CC[C@H]1O[C@]1(C)C1CC(OC(=O)N2CC(CCN3CC(C)(C(=O)N(C)C)C3)C2)CCC12CO2. The van der Waals surface area contributed by atoms with Crippen molar-refractivity contribution >= 4 is 12.0 Å². The molecule has 4 saturated heterocycles. The zero-order valence-corrected chi connectivity index (χ0v) is 23.0. The average Bonchev–Trinajstić information content (AvgIpc) is 3.67. The molecule has 5 rings (SSSR count). The van der Waals surface area contributed by atoms with Crippen molar-refractivity contribution in [1.29, 1.82) is 0 Å². The van der Waals surface area contributed by atoms with Crippen LogP contribution >= 0.6 is 0 Å². The molecule has 4 aliphatic heterocycles. The highest BCUT2D eigenvalue weighted by atomic mass is 16.6. The molecule has 0 aromatic heterocycles. The summed E-state index contributed by atoms with van der Waals surface area (Å²) in [6.45, 7) is 13.5. The molecule has 5 fully saturated rings. The van der Waals surface area contributed by atoms with Crippen LogP contribution < -0.4 is 0 Å². The van der Waals surface area contributed by atoms with Gasteiger partial charge in [0.25, 0.3) is 0 Å². The lowest BCUT2D eigenvalue weighted by Gasteiger charge is -2.49. The van der Waals surface area contributed by atoms with E-state index in [-0.39, 0.29) is 46.7 Å². The molecule has 5 aliphatic rings. The van der Waals surface area contributed by atoms with E-state index in [9.17, 15) is 9.59 Å². The van der Waals surface area contributed by atoms with Crippen LogP contribution in [0.1, 0.15) is 59.8 Å². The van der Waals surface area contributed by atoms with E-state index in [1.807, 2.05) is 19.0 Å². The first kappa shape index (κ1) is 26.0. The van der Waals surface area contributed by atoms with Gasteiger partial charge in [0.1, 0.15) is 6.10 Å². The van der Waals surface area contributed by atoms with Gasteiger partial charge in [-0.15, -0.1) is 0 Å². The van der Waals surface area contributed by atoms with Crippen molar-refractivity contribution in [3.05, 3.63) is 11.6 Å². The molecule has 1 spiro atoms. The first-order chi connectivity index (χ1) is 16.9. The first-order valence-electron chi connectivity index (χ1n) is 13.8. The Morgan fingerprint density at radius 2 is 1.86 bits per heavy atom. The molecule has 2 amide bonds. The van der Waals surface area contributed by atoms with Crippen LogP contribution in [-0.2, 0) is 19.0 Å². The van der Waals surface area contributed by atoms with Gasteiger partial charge in [0.2, 0.25) is 5.91 Å². The average molecular weight is 504 g/mol. The van der Waals surface area contributed by atoms with Gasteiger partial charge in [0.05, 0.1) is 29.3 Å². The summed E-state index contributed by atoms with van der Waals surface area (Å²) in [5, 5.41) is 0. The van der Waals surface area contributed by atoms with E-state index in [1.54, 1.807) is 4.90 Å². The summed E-state index contributed by atoms with van der Waals surface area (Å²) < 4.78 is 18.2. The highest BCUT2D eigenvalue weighted by Crippen LogP contribution is 2.59. The van der Waals surface area contributed by atoms with E-state index in [1.165, 1.54) is 5.57 Å². The molecule has 0 aromatic carbocycles. The molecule has 8 nitrogen and oxygen atoms in total. The molecular weight excluding hydrogens is 458 g/mol. The van der Waals surface area contributed by atoms with Gasteiger partial charge < -0.3 is 28.9 Å². The van der Waals surface area contributed by atoms with Crippen molar-refractivity contribution in [3.8, 4) is 0 Å². The minimum atomic E-state index is -0.241. The third kappa shape index (κ3) is 4.93. The number of likely N-dealkylation sites (tertiary alicyclic amines) is 2. The summed E-state index contributed by atoms with van der Waals surface area (Å²) in [7, 11) is 3.65. The zero-order valence-electron chi connectivity index (χ0n) is 23.0. The molecular formula is C28H45N3O5. The molecule has 1 saturated carbocycles. The minimum absolute atomic E-state index is 0.0606. The third-order valence-corrected chi connectivity index (χ3v) is 9.35. The lowest BCUT2D eigenvalue weighted by molar-refractivity contribution is -0.149. The number of carbonyl (C=O) groups excluding carboxylic acids is 2. The lowest BCUT2D eigenvalue weighted by Crippen LogP contribution is -2.62. The van der Waals surface area contributed by atoms with Crippen LogP contribution in [0.5, 0.6) is 0 Å². The Hall–Kier alpha value is -1.64. The number of nitrogens with zero attached hydrogens (tertiary/aromatic N) is 3. The number of carbonyl (C=O) groups is 2. The van der Waals surface area contributed by atoms with Crippen LogP contribution in [0.2, 0.25) is 0 Å². The van der Waals surface area contributed by atoms with E-state index in [0.29, 0.717) is 5.92 Å².